The Labute approximate surface area is 144 Å². The van der Waals surface area contributed by atoms with Crippen molar-refractivity contribution in [3.05, 3.63) is 47.4 Å². The predicted octanol–water partition coefficient (Wildman–Crippen LogP) is 2.35. The summed E-state index contributed by atoms with van der Waals surface area (Å²) in [5.74, 6) is 0.555. The second kappa shape index (κ2) is 6.72. The molecular formula is C16H15ClN6O. The lowest BCUT2D eigenvalue weighted by Crippen LogP contribution is -2.61. The highest BCUT2D eigenvalue weighted by Crippen LogP contribution is 2.23. The molecular weight excluding hydrogens is 328 g/mol. The third-order valence-corrected chi connectivity index (χ3v) is 4.13. The molecule has 122 valence electrons. The summed E-state index contributed by atoms with van der Waals surface area (Å²) in [6.07, 6.45) is 3.04. The number of amides is 2. The van der Waals surface area contributed by atoms with Crippen molar-refractivity contribution in [1.29, 1.82) is 5.26 Å². The van der Waals surface area contributed by atoms with Crippen LogP contribution < -0.4 is 10.2 Å². The molecule has 0 saturated carbocycles. The molecule has 7 nitrogen and oxygen atoms in total. The molecule has 1 fully saturated rings. The summed E-state index contributed by atoms with van der Waals surface area (Å²) in [4.78, 5) is 24.1. The third-order valence-electron chi connectivity index (χ3n) is 3.89. The largest absolute Gasteiger partial charge is 0.350 e. The van der Waals surface area contributed by atoms with Gasteiger partial charge >= 0.3 is 6.03 Å². The number of aromatic nitrogens is 2. The Bertz CT molecular complexity index is 799. The van der Waals surface area contributed by atoms with Gasteiger partial charge in [0.1, 0.15) is 6.07 Å². The molecule has 0 radical (unpaired) electrons. The average molecular weight is 343 g/mol. The van der Waals surface area contributed by atoms with E-state index in [0.29, 0.717) is 35.3 Å². The van der Waals surface area contributed by atoms with E-state index < -0.39 is 0 Å². The lowest BCUT2D eigenvalue weighted by Gasteiger charge is -2.44. The summed E-state index contributed by atoms with van der Waals surface area (Å²) < 4.78 is 0. The molecule has 0 spiro atoms. The zero-order chi connectivity index (χ0) is 17.1. The Morgan fingerprint density at radius 1 is 1.42 bits per heavy atom. The predicted molar refractivity (Wildman–Crippen MR) is 91.0 cm³/mol. The molecule has 2 aromatic rings. The normalized spacial score (nSPS) is 13.8. The van der Waals surface area contributed by atoms with Crippen molar-refractivity contribution in [2.75, 3.05) is 30.4 Å². The first-order valence-corrected chi connectivity index (χ1v) is 7.71. The number of nitrogens with one attached hydrogen (secondary N) is 1. The van der Waals surface area contributed by atoms with Crippen LogP contribution in [0.2, 0.25) is 5.02 Å². The number of hydrogen-bond acceptors (Lipinski definition) is 5. The lowest BCUT2D eigenvalue weighted by molar-refractivity contribution is 0.191. The molecule has 1 aromatic carbocycles. The van der Waals surface area contributed by atoms with Crippen LogP contribution in [0, 0.1) is 11.3 Å². The molecule has 1 saturated heterocycles. The SMILES string of the molecule is CN(C(=O)Nc1cccc(Cl)c1)C1CN(c2nccnc2C#N)C1. The topological polar surface area (TPSA) is 85.2 Å². The number of likely N-dealkylation sites (N-methyl/N-ethyl adjacent to an activating group) is 1. The summed E-state index contributed by atoms with van der Waals surface area (Å²) in [6, 6.07) is 8.86. The summed E-state index contributed by atoms with van der Waals surface area (Å²) >= 11 is 5.91. The van der Waals surface area contributed by atoms with Gasteiger partial charge in [-0.15, -0.1) is 0 Å². The maximum absolute atomic E-state index is 12.3. The second-order valence-electron chi connectivity index (χ2n) is 5.45. The molecule has 0 atom stereocenters. The molecule has 8 heteroatoms. The maximum Gasteiger partial charge on any atom is 0.321 e. The van der Waals surface area contributed by atoms with E-state index >= 15 is 0 Å². The minimum atomic E-state index is -0.207. The number of carbonyl (C=O) groups excluding carboxylic acids is 1. The molecule has 0 bridgehead atoms. The van der Waals surface area contributed by atoms with Gasteiger partial charge in [-0.1, -0.05) is 17.7 Å². The highest BCUT2D eigenvalue weighted by Gasteiger charge is 2.34. The van der Waals surface area contributed by atoms with E-state index in [4.69, 9.17) is 16.9 Å². The number of halogens is 1. The van der Waals surface area contributed by atoms with E-state index in [-0.39, 0.29) is 12.1 Å². The van der Waals surface area contributed by atoms with Crippen LogP contribution in [0.3, 0.4) is 0 Å². The first-order chi connectivity index (χ1) is 11.6. The van der Waals surface area contributed by atoms with Crippen LogP contribution in [0.4, 0.5) is 16.3 Å². The number of anilines is 2. The van der Waals surface area contributed by atoms with Gasteiger partial charge in [0, 0.05) is 43.2 Å². The molecule has 0 aliphatic carbocycles. The number of nitriles is 1. The van der Waals surface area contributed by atoms with Crippen molar-refractivity contribution in [2.24, 2.45) is 0 Å². The zero-order valence-corrected chi connectivity index (χ0v) is 13.7. The molecule has 24 heavy (non-hydrogen) atoms. The molecule has 1 N–H and O–H groups in total. The monoisotopic (exact) mass is 342 g/mol. The molecule has 2 amide bonds. The van der Waals surface area contributed by atoms with Crippen LogP contribution in [-0.4, -0.2) is 47.1 Å². The number of rotatable bonds is 3. The number of benzene rings is 1. The van der Waals surface area contributed by atoms with Gasteiger partial charge in [0.05, 0.1) is 6.04 Å². The van der Waals surface area contributed by atoms with Crippen LogP contribution in [0.1, 0.15) is 5.69 Å². The molecule has 1 aromatic heterocycles. The van der Waals surface area contributed by atoms with Crippen molar-refractivity contribution in [2.45, 2.75) is 6.04 Å². The van der Waals surface area contributed by atoms with Crippen molar-refractivity contribution < 1.29 is 4.79 Å². The zero-order valence-electron chi connectivity index (χ0n) is 13.0. The smallest absolute Gasteiger partial charge is 0.321 e. The Kier molecular flexibility index (Phi) is 4.49. The quantitative estimate of drug-likeness (QED) is 0.925. The van der Waals surface area contributed by atoms with E-state index in [1.54, 1.807) is 42.4 Å². The van der Waals surface area contributed by atoms with Crippen molar-refractivity contribution >= 4 is 29.1 Å². The fraction of sp³-hybridized carbons (Fsp3) is 0.250. The second-order valence-corrected chi connectivity index (χ2v) is 5.89. The highest BCUT2D eigenvalue weighted by atomic mass is 35.5. The molecule has 0 unspecified atom stereocenters. The standard InChI is InChI=1S/C16H15ClN6O/c1-22(16(24)21-12-4-2-3-11(17)7-12)13-9-23(10-13)15-14(8-18)19-5-6-20-15/h2-7,13H,9-10H2,1H3,(H,21,24). The van der Waals surface area contributed by atoms with E-state index in [9.17, 15) is 4.79 Å². The van der Waals surface area contributed by atoms with Gasteiger partial charge in [-0.25, -0.2) is 14.8 Å². The number of urea groups is 1. The Morgan fingerprint density at radius 2 is 2.17 bits per heavy atom. The lowest BCUT2D eigenvalue weighted by atomic mass is 10.1. The Balaban J connectivity index is 1.59. The fourth-order valence-corrected chi connectivity index (χ4v) is 2.65. The van der Waals surface area contributed by atoms with Crippen molar-refractivity contribution in [3.8, 4) is 6.07 Å². The van der Waals surface area contributed by atoms with Gasteiger partial charge < -0.3 is 15.1 Å². The highest BCUT2D eigenvalue weighted by molar-refractivity contribution is 6.30. The van der Waals surface area contributed by atoms with E-state index in [0.717, 1.165) is 0 Å². The van der Waals surface area contributed by atoms with Gasteiger partial charge in [-0.3, -0.25) is 0 Å². The summed E-state index contributed by atoms with van der Waals surface area (Å²) in [5, 5.41) is 12.5. The molecule has 1 aliphatic rings. The van der Waals surface area contributed by atoms with E-state index in [2.05, 4.69) is 15.3 Å². The molecule has 3 rings (SSSR count). The minimum Gasteiger partial charge on any atom is -0.350 e. The van der Waals surface area contributed by atoms with Crippen LogP contribution in [0.15, 0.2) is 36.7 Å². The van der Waals surface area contributed by atoms with Crippen LogP contribution >= 0.6 is 11.6 Å². The van der Waals surface area contributed by atoms with Crippen molar-refractivity contribution in [3.63, 3.8) is 0 Å². The number of hydrogen-bond donors (Lipinski definition) is 1. The summed E-state index contributed by atoms with van der Waals surface area (Å²) in [5.41, 5.74) is 0.943. The Hall–Kier alpha value is -2.85. The van der Waals surface area contributed by atoms with Gasteiger partial charge in [-0.05, 0) is 18.2 Å². The van der Waals surface area contributed by atoms with Crippen LogP contribution in [-0.2, 0) is 0 Å². The van der Waals surface area contributed by atoms with Gasteiger partial charge in [0.2, 0.25) is 0 Å². The number of nitrogens with zero attached hydrogens (tertiary/aromatic N) is 5. The number of carbonyl (C=O) groups is 1. The van der Waals surface area contributed by atoms with Gasteiger partial charge in [-0.2, -0.15) is 5.26 Å². The van der Waals surface area contributed by atoms with E-state index in [1.165, 1.54) is 6.20 Å². The van der Waals surface area contributed by atoms with Crippen LogP contribution in [0.25, 0.3) is 0 Å². The maximum atomic E-state index is 12.3. The van der Waals surface area contributed by atoms with Crippen molar-refractivity contribution in [1.82, 2.24) is 14.9 Å². The summed E-state index contributed by atoms with van der Waals surface area (Å²) in [7, 11) is 1.74. The third kappa shape index (κ3) is 3.24. The van der Waals surface area contributed by atoms with Crippen LogP contribution in [0.5, 0.6) is 0 Å². The first kappa shape index (κ1) is 16.0. The first-order valence-electron chi connectivity index (χ1n) is 7.34. The minimum absolute atomic E-state index is 0.0396. The fourth-order valence-electron chi connectivity index (χ4n) is 2.46. The Morgan fingerprint density at radius 3 is 2.88 bits per heavy atom. The molecule has 2 heterocycles. The van der Waals surface area contributed by atoms with Gasteiger partial charge in [0.15, 0.2) is 11.5 Å². The molecule has 1 aliphatic heterocycles. The van der Waals surface area contributed by atoms with Gasteiger partial charge in [0.25, 0.3) is 0 Å². The summed E-state index contributed by atoms with van der Waals surface area (Å²) in [6.45, 7) is 1.21. The van der Waals surface area contributed by atoms with E-state index in [1.807, 2.05) is 11.0 Å². The average Bonchev–Trinajstić information content (AvgIpc) is 2.53.